The maximum Gasteiger partial charge on any atom is 0.118 e. The molecular weight excluding hydrogens is 232 g/mol. The zero-order valence-corrected chi connectivity index (χ0v) is 12.8. The van der Waals surface area contributed by atoms with E-state index in [1.807, 2.05) is 0 Å². The van der Waals surface area contributed by atoms with Crippen LogP contribution in [0.15, 0.2) is 35.4 Å². The van der Waals surface area contributed by atoms with Crippen LogP contribution >= 0.6 is 0 Å². The molecule has 0 heterocycles. The number of rotatable bonds is 4. The van der Waals surface area contributed by atoms with Gasteiger partial charge in [0.25, 0.3) is 0 Å². The Morgan fingerprint density at radius 3 is 2.37 bits per heavy atom. The van der Waals surface area contributed by atoms with Crippen LogP contribution in [0.4, 0.5) is 0 Å². The molecule has 0 fully saturated rings. The maximum absolute atomic E-state index is 5.20. The molecule has 0 spiro atoms. The first-order chi connectivity index (χ1) is 9.03. The van der Waals surface area contributed by atoms with Gasteiger partial charge in [0.15, 0.2) is 0 Å². The van der Waals surface area contributed by atoms with Crippen LogP contribution in [-0.2, 0) is 6.42 Å². The first-order valence-corrected chi connectivity index (χ1v) is 7.35. The Labute approximate surface area is 117 Å². The van der Waals surface area contributed by atoms with Crippen molar-refractivity contribution >= 4 is 0 Å². The van der Waals surface area contributed by atoms with Gasteiger partial charge >= 0.3 is 0 Å². The van der Waals surface area contributed by atoms with E-state index in [2.05, 4.69) is 45.0 Å². The Kier molecular flexibility index (Phi) is 4.34. The minimum atomic E-state index is 0.398. The number of allylic oxidation sites excluding steroid dienone is 2. The number of aryl methyl sites for hydroxylation is 1. The van der Waals surface area contributed by atoms with Gasteiger partial charge in [0.2, 0.25) is 0 Å². The Balaban J connectivity index is 2.04. The summed E-state index contributed by atoms with van der Waals surface area (Å²) in [5.41, 5.74) is 5.12. The number of methoxy groups -OCH3 is 1. The van der Waals surface area contributed by atoms with E-state index in [4.69, 9.17) is 4.74 Å². The average molecular weight is 258 g/mol. The summed E-state index contributed by atoms with van der Waals surface area (Å²) in [7, 11) is 1.72. The van der Waals surface area contributed by atoms with E-state index >= 15 is 0 Å². The third-order valence-electron chi connectivity index (χ3n) is 4.51. The second-order valence-corrected chi connectivity index (χ2v) is 6.34. The molecule has 0 amide bonds. The zero-order valence-electron chi connectivity index (χ0n) is 12.8. The predicted molar refractivity (Wildman–Crippen MR) is 81.6 cm³/mol. The Bertz CT molecular complexity index is 451. The van der Waals surface area contributed by atoms with Gasteiger partial charge in [-0.2, -0.15) is 0 Å². The fraction of sp³-hybridized carbons (Fsp3) is 0.556. The van der Waals surface area contributed by atoms with Gasteiger partial charge in [-0.25, -0.2) is 0 Å². The summed E-state index contributed by atoms with van der Waals surface area (Å²) in [6, 6.07) is 8.49. The largest absolute Gasteiger partial charge is 0.497 e. The molecule has 2 rings (SSSR count). The standard InChI is InChI=1S/C18H26O/c1-14-6-5-13-18(2,3)17(14)12-9-15-7-10-16(19-4)11-8-15/h7-8,10-11H,5-6,9,12-13H2,1-4H3. The fourth-order valence-electron chi connectivity index (χ4n) is 3.29. The van der Waals surface area contributed by atoms with Crippen molar-refractivity contribution < 1.29 is 4.74 Å². The molecule has 0 atom stereocenters. The van der Waals surface area contributed by atoms with Crippen LogP contribution in [0.5, 0.6) is 5.75 Å². The van der Waals surface area contributed by atoms with Crippen LogP contribution in [0, 0.1) is 5.41 Å². The molecule has 19 heavy (non-hydrogen) atoms. The lowest BCUT2D eigenvalue weighted by Crippen LogP contribution is -2.20. The van der Waals surface area contributed by atoms with Crippen molar-refractivity contribution in [3.05, 3.63) is 41.0 Å². The number of benzene rings is 1. The summed E-state index contributed by atoms with van der Waals surface area (Å²) in [5, 5.41) is 0. The second-order valence-electron chi connectivity index (χ2n) is 6.34. The van der Waals surface area contributed by atoms with Crippen molar-refractivity contribution in [3.8, 4) is 5.75 Å². The molecule has 0 bridgehead atoms. The van der Waals surface area contributed by atoms with Gasteiger partial charge in [-0.3, -0.25) is 0 Å². The monoisotopic (exact) mass is 258 g/mol. The molecule has 0 aliphatic heterocycles. The summed E-state index contributed by atoms with van der Waals surface area (Å²) >= 11 is 0. The SMILES string of the molecule is COc1ccc(CCC2=C(C)CCCC2(C)C)cc1. The predicted octanol–water partition coefficient (Wildman–Crippen LogP) is 5.15. The lowest BCUT2D eigenvalue weighted by Gasteiger charge is -2.34. The third kappa shape index (κ3) is 3.40. The molecule has 1 aliphatic rings. The van der Waals surface area contributed by atoms with E-state index in [9.17, 15) is 0 Å². The lowest BCUT2D eigenvalue weighted by atomic mass is 9.71. The molecule has 1 aliphatic carbocycles. The average Bonchev–Trinajstić information content (AvgIpc) is 2.38. The summed E-state index contributed by atoms with van der Waals surface area (Å²) in [5.74, 6) is 0.942. The van der Waals surface area contributed by atoms with Crippen molar-refractivity contribution in [1.29, 1.82) is 0 Å². The summed E-state index contributed by atoms with van der Waals surface area (Å²) in [6.07, 6.45) is 6.32. The van der Waals surface area contributed by atoms with E-state index in [0.29, 0.717) is 5.41 Å². The molecule has 0 radical (unpaired) electrons. The van der Waals surface area contributed by atoms with Crippen molar-refractivity contribution in [2.24, 2.45) is 5.41 Å². The smallest absolute Gasteiger partial charge is 0.118 e. The fourth-order valence-corrected chi connectivity index (χ4v) is 3.29. The highest BCUT2D eigenvalue weighted by Gasteiger charge is 2.27. The van der Waals surface area contributed by atoms with Crippen LogP contribution in [-0.4, -0.2) is 7.11 Å². The number of hydrogen-bond acceptors (Lipinski definition) is 1. The maximum atomic E-state index is 5.20. The molecule has 0 saturated carbocycles. The minimum absolute atomic E-state index is 0.398. The third-order valence-corrected chi connectivity index (χ3v) is 4.51. The summed E-state index contributed by atoms with van der Waals surface area (Å²) < 4.78 is 5.20. The highest BCUT2D eigenvalue weighted by Crippen LogP contribution is 2.42. The van der Waals surface area contributed by atoms with Crippen LogP contribution in [0.3, 0.4) is 0 Å². The van der Waals surface area contributed by atoms with Gasteiger partial charge in [-0.05, 0) is 62.1 Å². The van der Waals surface area contributed by atoms with Crippen LogP contribution in [0.25, 0.3) is 0 Å². The molecule has 1 nitrogen and oxygen atoms in total. The molecule has 1 aromatic carbocycles. The Morgan fingerprint density at radius 1 is 1.11 bits per heavy atom. The van der Waals surface area contributed by atoms with Gasteiger partial charge in [0.05, 0.1) is 7.11 Å². The van der Waals surface area contributed by atoms with Gasteiger partial charge in [0.1, 0.15) is 5.75 Å². The zero-order chi connectivity index (χ0) is 13.9. The van der Waals surface area contributed by atoms with E-state index < -0.39 is 0 Å². The molecule has 0 aromatic heterocycles. The summed E-state index contributed by atoms with van der Waals surface area (Å²) in [4.78, 5) is 0. The number of ether oxygens (including phenoxy) is 1. The van der Waals surface area contributed by atoms with Crippen molar-refractivity contribution in [1.82, 2.24) is 0 Å². The van der Waals surface area contributed by atoms with Gasteiger partial charge < -0.3 is 4.74 Å². The van der Waals surface area contributed by atoms with E-state index in [0.717, 1.165) is 12.2 Å². The number of hydrogen-bond donors (Lipinski definition) is 0. The summed E-state index contributed by atoms with van der Waals surface area (Å²) in [6.45, 7) is 7.13. The molecular formula is C18H26O. The van der Waals surface area contributed by atoms with E-state index in [1.54, 1.807) is 18.3 Å². The minimum Gasteiger partial charge on any atom is -0.497 e. The molecule has 0 saturated heterocycles. The van der Waals surface area contributed by atoms with Crippen LogP contribution in [0.1, 0.15) is 52.0 Å². The van der Waals surface area contributed by atoms with Crippen molar-refractivity contribution in [3.63, 3.8) is 0 Å². The molecule has 0 unspecified atom stereocenters. The second kappa shape index (κ2) is 5.81. The topological polar surface area (TPSA) is 9.23 Å². The Morgan fingerprint density at radius 2 is 1.79 bits per heavy atom. The van der Waals surface area contributed by atoms with E-state index in [1.165, 1.54) is 31.2 Å². The first kappa shape index (κ1) is 14.2. The van der Waals surface area contributed by atoms with Crippen molar-refractivity contribution in [2.45, 2.75) is 52.9 Å². The Hall–Kier alpha value is -1.24. The highest BCUT2D eigenvalue weighted by molar-refractivity contribution is 5.29. The van der Waals surface area contributed by atoms with Crippen LogP contribution < -0.4 is 4.74 Å². The molecule has 1 heteroatoms. The van der Waals surface area contributed by atoms with Crippen molar-refractivity contribution in [2.75, 3.05) is 7.11 Å². The molecule has 104 valence electrons. The first-order valence-electron chi connectivity index (χ1n) is 7.35. The van der Waals surface area contributed by atoms with E-state index in [-0.39, 0.29) is 0 Å². The highest BCUT2D eigenvalue weighted by atomic mass is 16.5. The molecule has 1 aromatic rings. The van der Waals surface area contributed by atoms with Gasteiger partial charge in [0, 0.05) is 0 Å². The van der Waals surface area contributed by atoms with Gasteiger partial charge in [-0.15, -0.1) is 0 Å². The normalized spacial score (nSPS) is 18.5. The molecule has 0 N–H and O–H groups in total. The van der Waals surface area contributed by atoms with Gasteiger partial charge in [-0.1, -0.05) is 37.1 Å². The lowest BCUT2D eigenvalue weighted by molar-refractivity contribution is 0.354. The van der Waals surface area contributed by atoms with Crippen LogP contribution in [0.2, 0.25) is 0 Å². The quantitative estimate of drug-likeness (QED) is 0.678.